The topological polar surface area (TPSA) is 0 Å². The lowest BCUT2D eigenvalue weighted by molar-refractivity contribution is 1.23. The molecule has 0 rings (SSSR count). The van der Waals surface area contributed by atoms with E-state index in [1.54, 1.807) is 0 Å². The van der Waals surface area contributed by atoms with Gasteiger partial charge in [0.1, 0.15) is 0 Å². The molecule has 0 saturated carbocycles. The van der Waals surface area contributed by atoms with Crippen molar-refractivity contribution in [2.75, 3.05) is 0 Å². The molecule has 0 atom stereocenters. The monoisotopic (exact) mass is 108 g/mol. The van der Waals surface area contributed by atoms with Gasteiger partial charge in [0.05, 0.1) is 0 Å². The van der Waals surface area contributed by atoms with E-state index in [0.29, 0.717) is 0 Å². The molecule has 0 spiro atoms. The maximum atomic E-state index is 3.37. The fourth-order valence-corrected chi connectivity index (χ4v) is 0.144. The van der Waals surface area contributed by atoms with Crippen molar-refractivity contribution in [1.82, 2.24) is 0 Å². The maximum absolute atomic E-state index is 3.37. The van der Waals surface area contributed by atoms with E-state index in [0.717, 1.165) is 6.42 Å². The first kappa shape index (κ1) is 10.1. The zero-order valence-corrected chi connectivity index (χ0v) is 5.41. The summed E-state index contributed by atoms with van der Waals surface area (Å²) in [5, 5.41) is 0. The first-order valence-electron chi connectivity index (χ1n) is 2.46. The van der Waals surface area contributed by atoms with Crippen LogP contribution >= 0.6 is 0 Å². The van der Waals surface area contributed by atoms with Gasteiger partial charge in [-0.05, 0) is 12.5 Å². The molecule has 8 heavy (non-hydrogen) atoms. The average Bonchev–Trinajstić information content (AvgIpc) is 1.71. The van der Waals surface area contributed by atoms with Crippen LogP contribution < -0.4 is 0 Å². The van der Waals surface area contributed by atoms with Crippen LogP contribution in [0.5, 0.6) is 0 Å². The summed E-state index contributed by atoms with van der Waals surface area (Å²) in [6.07, 6.45) is 2.93. The minimum atomic E-state index is 1.05. The minimum absolute atomic E-state index is 1.05. The Kier molecular flexibility index (Phi) is 21.0. The Morgan fingerprint density at radius 2 is 1.75 bits per heavy atom. The first-order valence-corrected chi connectivity index (χ1v) is 2.46. The summed E-state index contributed by atoms with van der Waals surface area (Å²) in [5.74, 6) is 0. The highest BCUT2D eigenvalue weighted by atomic mass is 13.6. The molecule has 0 aliphatic heterocycles. The fourth-order valence-electron chi connectivity index (χ4n) is 0.144. The second-order valence-electron chi connectivity index (χ2n) is 1.07. The molecular weight excluding hydrogens is 96.1 g/mol. The van der Waals surface area contributed by atoms with Crippen LogP contribution in [0.25, 0.3) is 0 Å². The molecule has 0 amide bonds. The van der Waals surface area contributed by atoms with Crippen LogP contribution in [0.15, 0.2) is 37.3 Å². The molecule has 0 saturated heterocycles. The average molecular weight is 108 g/mol. The predicted molar refractivity (Wildman–Crippen MR) is 38.8 cm³/mol. The van der Waals surface area contributed by atoms with Gasteiger partial charge in [-0.3, -0.25) is 0 Å². The van der Waals surface area contributed by atoms with Crippen molar-refractivity contribution in [2.24, 2.45) is 0 Å². The number of hydrogen-bond donors (Lipinski definition) is 0. The lowest BCUT2D eigenvalue weighted by Gasteiger charge is -1.59. The van der Waals surface area contributed by atoms with Gasteiger partial charge >= 0.3 is 0 Å². The molecule has 0 radical (unpaired) electrons. The van der Waals surface area contributed by atoms with E-state index in [9.17, 15) is 0 Å². The summed E-state index contributed by atoms with van der Waals surface area (Å²) in [7, 11) is 0. The van der Waals surface area contributed by atoms with Gasteiger partial charge in [0.25, 0.3) is 0 Å². The first-order chi connectivity index (χ1) is 3.83. The zero-order valence-electron chi connectivity index (χ0n) is 5.41. The summed E-state index contributed by atoms with van der Waals surface area (Å²) in [6.45, 7) is 11.7. The van der Waals surface area contributed by atoms with Crippen molar-refractivity contribution in [3.8, 4) is 0 Å². The van der Waals surface area contributed by atoms with Gasteiger partial charge in [-0.25, -0.2) is 0 Å². The van der Waals surface area contributed by atoms with Crippen LogP contribution in [0.2, 0.25) is 0 Å². The molecule has 0 aromatic heterocycles. The molecule has 44 valence electrons. The van der Waals surface area contributed by atoms with Crippen molar-refractivity contribution >= 4 is 0 Å². The molecule has 0 aliphatic carbocycles. The van der Waals surface area contributed by atoms with Gasteiger partial charge in [-0.15, -0.1) is 11.5 Å². The summed E-state index contributed by atoms with van der Waals surface area (Å²) in [5.41, 5.74) is 4.89. The molecule has 0 aliphatic rings. The van der Waals surface area contributed by atoms with Crippen molar-refractivity contribution in [3.63, 3.8) is 0 Å². The highest BCUT2D eigenvalue weighted by molar-refractivity contribution is 4.72. The lowest BCUT2D eigenvalue weighted by Crippen LogP contribution is -1.39. The van der Waals surface area contributed by atoms with Crippen LogP contribution in [0.4, 0.5) is 0 Å². The Bertz CT molecular complexity index is 97.2. The van der Waals surface area contributed by atoms with Gasteiger partial charge in [0.15, 0.2) is 0 Å². The van der Waals surface area contributed by atoms with Crippen LogP contribution in [-0.4, -0.2) is 0 Å². The van der Waals surface area contributed by atoms with Crippen LogP contribution in [0.1, 0.15) is 13.3 Å². The predicted octanol–water partition coefficient (Wildman–Crippen LogP) is 2.69. The quantitative estimate of drug-likeness (QED) is 0.453. The third-order valence-electron chi connectivity index (χ3n) is 0.348. The molecule has 0 fully saturated rings. The van der Waals surface area contributed by atoms with Crippen LogP contribution in [0.3, 0.4) is 0 Å². The highest BCUT2D eigenvalue weighted by Gasteiger charge is 1.49. The zero-order chi connectivity index (χ0) is 6.83. The van der Waals surface area contributed by atoms with E-state index in [-0.39, 0.29) is 0 Å². The van der Waals surface area contributed by atoms with Crippen molar-refractivity contribution in [2.45, 2.75) is 13.3 Å². The molecule has 0 aromatic carbocycles. The SMILES string of the molecule is C=C=C.C=C=CCC. The van der Waals surface area contributed by atoms with E-state index < -0.39 is 0 Å². The normalized spacial score (nSPS) is 4.62. The summed E-state index contributed by atoms with van der Waals surface area (Å²) in [6, 6.07) is 0. The Labute approximate surface area is 51.5 Å². The van der Waals surface area contributed by atoms with Gasteiger partial charge in [0.2, 0.25) is 0 Å². The standard InChI is InChI=1S/C5H8.C3H4/c1-3-5-4-2;1-3-2/h5H,1,4H2,2H3;1-2H2. The Morgan fingerprint density at radius 1 is 1.38 bits per heavy atom. The van der Waals surface area contributed by atoms with E-state index >= 15 is 0 Å². The second kappa shape index (κ2) is 16.6. The molecule has 0 nitrogen and oxygen atoms in total. The Hall–Kier alpha value is -0.960. The van der Waals surface area contributed by atoms with E-state index in [4.69, 9.17) is 0 Å². The van der Waals surface area contributed by atoms with Gasteiger partial charge in [-0.1, -0.05) is 26.7 Å². The lowest BCUT2D eigenvalue weighted by atomic mass is 10.5. The van der Waals surface area contributed by atoms with Crippen molar-refractivity contribution in [3.05, 3.63) is 37.3 Å². The van der Waals surface area contributed by atoms with Crippen LogP contribution in [-0.2, 0) is 0 Å². The van der Waals surface area contributed by atoms with Crippen molar-refractivity contribution in [1.29, 1.82) is 0 Å². The molecule has 0 N–H and O–H groups in total. The minimum Gasteiger partial charge on any atom is -0.137 e. The highest BCUT2D eigenvalue weighted by Crippen LogP contribution is 1.69. The number of allylic oxidation sites excluding steroid dienone is 1. The van der Waals surface area contributed by atoms with E-state index in [1.165, 1.54) is 0 Å². The molecule has 0 aromatic rings. The van der Waals surface area contributed by atoms with Crippen LogP contribution in [0, 0.1) is 0 Å². The third kappa shape index (κ3) is 76.1. The smallest absolute Gasteiger partial charge is 0.0303 e. The van der Waals surface area contributed by atoms with E-state index in [1.807, 2.05) is 6.08 Å². The van der Waals surface area contributed by atoms with Crippen molar-refractivity contribution < 1.29 is 0 Å². The van der Waals surface area contributed by atoms with Gasteiger partial charge < -0.3 is 0 Å². The summed E-state index contributed by atoms with van der Waals surface area (Å²) in [4.78, 5) is 0. The fraction of sp³-hybridized carbons (Fsp3) is 0.250. The Balaban J connectivity index is 0. The third-order valence-corrected chi connectivity index (χ3v) is 0.348. The summed E-state index contributed by atoms with van der Waals surface area (Å²) >= 11 is 0. The number of rotatable bonds is 1. The largest absolute Gasteiger partial charge is 0.137 e. The van der Waals surface area contributed by atoms with E-state index in [2.05, 4.69) is 38.1 Å². The van der Waals surface area contributed by atoms with Gasteiger partial charge in [0, 0.05) is 0 Å². The summed E-state index contributed by atoms with van der Waals surface area (Å²) < 4.78 is 0. The van der Waals surface area contributed by atoms with Gasteiger partial charge in [-0.2, -0.15) is 0 Å². The second-order valence-corrected chi connectivity index (χ2v) is 1.07. The Morgan fingerprint density at radius 3 is 1.75 bits per heavy atom. The molecule has 0 unspecified atom stereocenters. The molecule has 0 heteroatoms. The molecular formula is C8H12. The molecule has 0 heterocycles. The molecule has 0 bridgehead atoms. The number of hydrogen-bond acceptors (Lipinski definition) is 0. The maximum Gasteiger partial charge on any atom is -0.0303 e.